The van der Waals surface area contributed by atoms with Crippen LogP contribution < -0.4 is 4.74 Å². The third kappa shape index (κ3) is 2.31. The molecule has 0 bridgehead atoms. The van der Waals surface area contributed by atoms with Crippen LogP contribution in [0.4, 0.5) is 4.39 Å². The maximum Gasteiger partial charge on any atom is 0.253 e. The molecule has 0 saturated heterocycles. The molecule has 0 fully saturated rings. The van der Waals surface area contributed by atoms with Crippen LogP contribution in [0.1, 0.15) is 11.8 Å². The summed E-state index contributed by atoms with van der Waals surface area (Å²) in [6.45, 7) is 1.75. The Hall–Kier alpha value is -1.91. The van der Waals surface area contributed by atoms with Gasteiger partial charge in [0.1, 0.15) is 0 Å². The second kappa shape index (κ2) is 4.08. The molecule has 0 N–H and O–H groups in total. The highest BCUT2D eigenvalue weighted by atomic mass is 19.1. The predicted molar refractivity (Wildman–Crippen MR) is 49.8 cm³/mol. The van der Waals surface area contributed by atoms with Crippen LogP contribution in [0.2, 0.25) is 0 Å². The molecule has 0 radical (unpaired) electrons. The Morgan fingerprint density at radius 2 is 2.13 bits per heavy atom. The standard InChI is InChI=1S/C10H9FN2O2/c1-7-12-13-10(15-7)6-14-9-5-3-2-4-8(9)11/h2-5H,6H2,1H3. The van der Waals surface area contributed by atoms with Crippen molar-refractivity contribution in [2.45, 2.75) is 13.5 Å². The van der Waals surface area contributed by atoms with Gasteiger partial charge < -0.3 is 9.15 Å². The summed E-state index contributed by atoms with van der Waals surface area (Å²) in [6.07, 6.45) is 0. The van der Waals surface area contributed by atoms with Crippen molar-refractivity contribution in [2.75, 3.05) is 0 Å². The fourth-order valence-corrected chi connectivity index (χ4v) is 1.10. The first-order chi connectivity index (χ1) is 7.25. The Bertz CT molecular complexity index is 456. The second-order valence-corrected chi connectivity index (χ2v) is 2.93. The average molecular weight is 208 g/mol. The first-order valence-corrected chi connectivity index (χ1v) is 4.42. The quantitative estimate of drug-likeness (QED) is 0.774. The van der Waals surface area contributed by atoms with Gasteiger partial charge >= 0.3 is 0 Å². The van der Waals surface area contributed by atoms with E-state index in [1.54, 1.807) is 25.1 Å². The molecule has 1 heterocycles. The van der Waals surface area contributed by atoms with Gasteiger partial charge in [-0.2, -0.15) is 0 Å². The van der Waals surface area contributed by atoms with E-state index < -0.39 is 5.82 Å². The van der Waals surface area contributed by atoms with E-state index in [-0.39, 0.29) is 12.4 Å². The number of hydrogen-bond donors (Lipinski definition) is 0. The lowest BCUT2D eigenvalue weighted by atomic mass is 10.3. The van der Waals surface area contributed by atoms with Crippen LogP contribution in [0, 0.1) is 12.7 Å². The Labute approximate surface area is 85.7 Å². The topological polar surface area (TPSA) is 48.2 Å². The number of halogens is 1. The summed E-state index contributed by atoms with van der Waals surface area (Å²) in [5.41, 5.74) is 0. The van der Waals surface area contributed by atoms with Crippen LogP contribution in [0.15, 0.2) is 28.7 Å². The molecular formula is C10H9FN2O2. The molecule has 0 aliphatic heterocycles. The zero-order chi connectivity index (χ0) is 10.7. The van der Waals surface area contributed by atoms with Crippen molar-refractivity contribution < 1.29 is 13.5 Å². The molecule has 5 heteroatoms. The highest BCUT2D eigenvalue weighted by Gasteiger charge is 2.05. The third-order valence-electron chi connectivity index (χ3n) is 1.76. The summed E-state index contributed by atoms with van der Waals surface area (Å²) < 4.78 is 23.3. The number of benzene rings is 1. The number of ether oxygens (including phenoxy) is 1. The van der Waals surface area contributed by atoms with E-state index in [1.807, 2.05) is 0 Å². The Morgan fingerprint density at radius 1 is 1.33 bits per heavy atom. The van der Waals surface area contributed by atoms with Crippen LogP contribution in [-0.2, 0) is 6.61 Å². The van der Waals surface area contributed by atoms with E-state index in [0.29, 0.717) is 11.8 Å². The third-order valence-corrected chi connectivity index (χ3v) is 1.76. The summed E-state index contributed by atoms with van der Waals surface area (Å²) in [5, 5.41) is 7.36. The maximum atomic E-state index is 13.1. The lowest BCUT2D eigenvalue weighted by molar-refractivity contribution is 0.250. The van der Waals surface area contributed by atoms with Crippen molar-refractivity contribution in [1.82, 2.24) is 10.2 Å². The molecule has 0 spiro atoms. The fourth-order valence-electron chi connectivity index (χ4n) is 1.10. The first kappa shape index (κ1) is 9.64. The molecule has 0 saturated carbocycles. The molecular weight excluding hydrogens is 199 g/mol. The van der Waals surface area contributed by atoms with Crippen LogP contribution in [0.3, 0.4) is 0 Å². The molecule has 0 atom stereocenters. The zero-order valence-corrected chi connectivity index (χ0v) is 8.11. The van der Waals surface area contributed by atoms with Gasteiger partial charge in [0.2, 0.25) is 5.89 Å². The van der Waals surface area contributed by atoms with E-state index >= 15 is 0 Å². The minimum Gasteiger partial charge on any atom is -0.481 e. The monoisotopic (exact) mass is 208 g/mol. The zero-order valence-electron chi connectivity index (χ0n) is 8.11. The summed E-state index contributed by atoms with van der Waals surface area (Å²) in [7, 11) is 0. The average Bonchev–Trinajstić information content (AvgIpc) is 2.63. The number of aromatic nitrogens is 2. The lowest BCUT2D eigenvalue weighted by Crippen LogP contribution is -1.97. The normalized spacial score (nSPS) is 10.3. The van der Waals surface area contributed by atoms with Gasteiger partial charge in [0.15, 0.2) is 18.2 Å². The smallest absolute Gasteiger partial charge is 0.253 e. The van der Waals surface area contributed by atoms with Crippen molar-refractivity contribution in [3.63, 3.8) is 0 Å². The van der Waals surface area contributed by atoms with Crippen LogP contribution in [0.25, 0.3) is 0 Å². The van der Waals surface area contributed by atoms with Crippen LogP contribution >= 0.6 is 0 Å². The SMILES string of the molecule is Cc1nnc(COc2ccccc2F)o1. The number of rotatable bonds is 3. The minimum atomic E-state index is -0.409. The van der Waals surface area contributed by atoms with Crippen molar-refractivity contribution in [1.29, 1.82) is 0 Å². The van der Waals surface area contributed by atoms with Gasteiger partial charge in [0.05, 0.1) is 0 Å². The van der Waals surface area contributed by atoms with Gasteiger partial charge in [0, 0.05) is 6.92 Å². The van der Waals surface area contributed by atoms with E-state index in [9.17, 15) is 4.39 Å². The first-order valence-electron chi connectivity index (χ1n) is 4.42. The Kier molecular flexibility index (Phi) is 2.62. The molecule has 15 heavy (non-hydrogen) atoms. The largest absolute Gasteiger partial charge is 0.481 e. The van der Waals surface area contributed by atoms with Crippen molar-refractivity contribution in [2.24, 2.45) is 0 Å². The number of nitrogens with zero attached hydrogens (tertiary/aromatic N) is 2. The highest BCUT2D eigenvalue weighted by molar-refractivity contribution is 5.23. The van der Waals surface area contributed by atoms with Crippen LogP contribution in [-0.4, -0.2) is 10.2 Å². The fraction of sp³-hybridized carbons (Fsp3) is 0.200. The highest BCUT2D eigenvalue weighted by Crippen LogP contribution is 2.16. The number of para-hydroxylation sites is 1. The van der Waals surface area contributed by atoms with Gasteiger partial charge in [-0.15, -0.1) is 10.2 Å². The minimum absolute atomic E-state index is 0.0712. The second-order valence-electron chi connectivity index (χ2n) is 2.93. The summed E-state index contributed by atoms with van der Waals surface area (Å²) in [6, 6.07) is 6.16. The molecule has 1 aromatic carbocycles. The van der Waals surface area contributed by atoms with E-state index in [2.05, 4.69) is 10.2 Å². The van der Waals surface area contributed by atoms with Crippen molar-refractivity contribution in [3.05, 3.63) is 41.9 Å². The molecule has 0 amide bonds. The van der Waals surface area contributed by atoms with Crippen molar-refractivity contribution in [3.8, 4) is 5.75 Å². The summed E-state index contributed by atoms with van der Waals surface area (Å²) in [4.78, 5) is 0. The Balaban J connectivity index is 2.02. The van der Waals surface area contributed by atoms with E-state index in [4.69, 9.17) is 9.15 Å². The van der Waals surface area contributed by atoms with Gasteiger partial charge in [-0.05, 0) is 12.1 Å². The van der Waals surface area contributed by atoms with Gasteiger partial charge in [-0.3, -0.25) is 0 Å². The number of aryl methyl sites for hydroxylation is 1. The molecule has 0 aliphatic carbocycles. The molecule has 78 valence electrons. The maximum absolute atomic E-state index is 13.1. The van der Waals surface area contributed by atoms with E-state index in [0.717, 1.165) is 0 Å². The lowest BCUT2D eigenvalue weighted by Gasteiger charge is -2.03. The molecule has 0 unspecified atom stereocenters. The molecule has 0 aliphatic rings. The predicted octanol–water partition coefficient (Wildman–Crippen LogP) is 2.10. The molecule has 2 rings (SSSR count). The summed E-state index contributed by atoms with van der Waals surface area (Å²) >= 11 is 0. The van der Waals surface area contributed by atoms with Crippen LogP contribution in [0.5, 0.6) is 5.75 Å². The molecule has 1 aromatic heterocycles. The van der Waals surface area contributed by atoms with Gasteiger partial charge in [0.25, 0.3) is 5.89 Å². The molecule has 2 aromatic rings. The van der Waals surface area contributed by atoms with Crippen molar-refractivity contribution >= 4 is 0 Å². The summed E-state index contributed by atoms with van der Waals surface area (Å²) in [5.74, 6) is 0.556. The number of hydrogen-bond acceptors (Lipinski definition) is 4. The van der Waals surface area contributed by atoms with Gasteiger partial charge in [-0.1, -0.05) is 12.1 Å². The van der Waals surface area contributed by atoms with Gasteiger partial charge in [-0.25, -0.2) is 4.39 Å². The van der Waals surface area contributed by atoms with E-state index in [1.165, 1.54) is 6.07 Å². The molecule has 4 nitrogen and oxygen atoms in total. The Morgan fingerprint density at radius 3 is 2.80 bits per heavy atom.